The summed E-state index contributed by atoms with van der Waals surface area (Å²) in [5, 5.41) is 7.39. The van der Waals surface area contributed by atoms with E-state index in [1.54, 1.807) is 17.1 Å². The fraction of sp³-hybridized carbons (Fsp3) is 0.300. The van der Waals surface area contributed by atoms with E-state index in [0.717, 1.165) is 0 Å². The number of sulfonamides is 1. The molecular formula is C10H11BrClN5O2S. The van der Waals surface area contributed by atoms with Gasteiger partial charge >= 0.3 is 0 Å². The monoisotopic (exact) mass is 379 g/mol. The van der Waals surface area contributed by atoms with Crippen molar-refractivity contribution in [2.75, 3.05) is 6.54 Å². The third kappa shape index (κ3) is 3.98. The molecule has 2 heterocycles. The van der Waals surface area contributed by atoms with Crippen LogP contribution in [0.2, 0.25) is 5.15 Å². The van der Waals surface area contributed by atoms with Gasteiger partial charge < -0.3 is 0 Å². The highest BCUT2D eigenvalue weighted by Gasteiger charge is 2.18. The summed E-state index contributed by atoms with van der Waals surface area (Å²) in [6.07, 6.45) is 5.30. The number of rotatable bonds is 6. The van der Waals surface area contributed by atoms with Crippen LogP contribution >= 0.6 is 27.5 Å². The number of nitrogens with one attached hydrogen (secondary N) is 1. The van der Waals surface area contributed by atoms with Gasteiger partial charge in [0.05, 0.1) is 6.20 Å². The normalized spacial score (nSPS) is 11.7. The van der Waals surface area contributed by atoms with Crippen LogP contribution in [0.4, 0.5) is 0 Å². The van der Waals surface area contributed by atoms with Crippen molar-refractivity contribution in [2.24, 2.45) is 0 Å². The van der Waals surface area contributed by atoms with Crippen molar-refractivity contribution in [3.05, 3.63) is 34.3 Å². The molecule has 0 aliphatic rings. The molecule has 0 fully saturated rings. The van der Waals surface area contributed by atoms with Gasteiger partial charge in [0.15, 0.2) is 0 Å². The van der Waals surface area contributed by atoms with Crippen molar-refractivity contribution >= 4 is 37.6 Å². The van der Waals surface area contributed by atoms with E-state index in [9.17, 15) is 8.42 Å². The lowest BCUT2D eigenvalue weighted by atomic mass is 10.4. The van der Waals surface area contributed by atoms with Crippen LogP contribution < -0.4 is 4.72 Å². The quantitative estimate of drug-likeness (QED) is 0.605. The van der Waals surface area contributed by atoms with Crippen LogP contribution in [0.15, 0.2) is 34.0 Å². The predicted molar refractivity (Wildman–Crippen MR) is 76.8 cm³/mol. The summed E-state index contributed by atoms with van der Waals surface area (Å²) in [5.74, 6) is 0. The minimum absolute atomic E-state index is 0.0469. The molecule has 0 radical (unpaired) electrons. The van der Waals surface area contributed by atoms with Gasteiger partial charge in [-0.3, -0.25) is 4.68 Å². The van der Waals surface area contributed by atoms with E-state index < -0.39 is 10.0 Å². The van der Waals surface area contributed by atoms with E-state index in [4.69, 9.17) is 11.6 Å². The molecule has 0 amide bonds. The van der Waals surface area contributed by atoms with Gasteiger partial charge in [-0.25, -0.2) is 18.1 Å². The first-order valence-corrected chi connectivity index (χ1v) is 8.29. The Morgan fingerprint density at radius 3 is 2.95 bits per heavy atom. The van der Waals surface area contributed by atoms with Crippen LogP contribution in [-0.2, 0) is 16.6 Å². The second-order valence-corrected chi connectivity index (χ2v) is 6.87. The van der Waals surface area contributed by atoms with Crippen LogP contribution in [0.5, 0.6) is 0 Å². The third-order valence-electron chi connectivity index (χ3n) is 2.39. The average Bonchev–Trinajstić information content (AvgIpc) is 2.90. The maximum absolute atomic E-state index is 12.1. The highest BCUT2D eigenvalue weighted by Crippen LogP contribution is 2.22. The Kier molecular flexibility index (Phi) is 5.08. The van der Waals surface area contributed by atoms with Crippen molar-refractivity contribution in [1.82, 2.24) is 24.7 Å². The molecule has 0 saturated carbocycles. The first-order valence-electron chi connectivity index (χ1n) is 5.64. The Labute approximate surface area is 129 Å². The molecule has 20 heavy (non-hydrogen) atoms. The molecule has 0 atom stereocenters. The van der Waals surface area contributed by atoms with Gasteiger partial charge in [-0.1, -0.05) is 16.8 Å². The minimum Gasteiger partial charge on any atom is -0.253 e. The van der Waals surface area contributed by atoms with Crippen molar-refractivity contribution < 1.29 is 8.42 Å². The van der Waals surface area contributed by atoms with Gasteiger partial charge in [-0.15, -0.1) is 5.10 Å². The number of halogens is 2. The summed E-state index contributed by atoms with van der Waals surface area (Å²) >= 11 is 8.97. The molecule has 0 saturated heterocycles. The molecule has 2 aromatic heterocycles. The number of pyridine rings is 1. The highest BCUT2D eigenvalue weighted by atomic mass is 79.9. The number of nitrogens with zero attached hydrogens (tertiary/aromatic N) is 4. The summed E-state index contributed by atoms with van der Waals surface area (Å²) in [4.78, 5) is 3.74. The van der Waals surface area contributed by atoms with E-state index in [-0.39, 0.29) is 16.6 Å². The molecule has 0 aliphatic heterocycles. The molecular weight excluding hydrogens is 370 g/mol. The lowest BCUT2D eigenvalue weighted by molar-refractivity contribution is 0.542. The number of aryl methyl sites for hydroxylation is 1. The van der Waals surface area contributed by atoms with E-state index in [1.165, 1.54) is 12.3 Å². The number of aromatic nitrogens is 4. The lowest BCUT2D eigenvalue weighted by Crippen LogP contribution is -2.26. The second kappa shape index (κ2) is 6.61. The van der Waals surface area contributed by atoms with Gasteiger partial charge in [0.2, 0.25) is 10.0 Å². The zero-order valence-electron chi connectivity index (χ0n) is 10.2. The lowest BCUT2D eigenvalue weighted by Gasteiger charge is -2.08. The summed E-state index contributed by atoms with van der Waals surface area (Å²) in [5.41, 5.74) is 0. The van der Waals surface area contributed by atoms with Crippen LogP contribution in [-0.4, -0.2) is 34.9 Å². The van der Waals surface area contributed by atoms with Gasteiger partial charge in [0.25, 0.3) is 0 Å². The van der Waals surface area contributed by atoms with E-state index in [0.29, 0.717) is 17.4 Å². The summed E-state index contributed by atoms with van der Waals surface area (Å²) < 4.78 is 28.8. The molecule has 0 aliphatic carbocycles. The summed E-state index contributed by atoms with van der Waals surface area (Å²) in [7, 11) is -3.67. The van der Waals surface area contributed by atoms with Crippen molar-refractivity contribution in [1.29, 1.82) is 0 Å². The van der Waals surface area contributed by atoms with Crippen LogP contribution in [0.1, 0.15) is 6.42 Å². The summed E-state index contributed by atoms with van der Waals surface area (Å²) in [6.45, 7) is 0.845. The van der Waals surface area contributed by atoms with Gasteiger partial charge in [0, 0.05) is 30.0 Å². The Morgan fingerprint density at radius 2 is 2.25 bits per heavy atom. The van der Waals surface area contributed by atoms with Crippen LogP contribution in [0.3, 0.4) is 0 Å². The van der Waals surface area contributed by atoms with Gasteiger partial charge in [-0.2, -0.15) is 0 Å². The largest absolute Gasteiger partial charge is 0.253 e. The molecule has 2 aromatic rings. The zero-order valence-corrected chi connectivity index (χ0v) is 13.4. The molecule has 0 spiro atoms. The molecule has 108 valence electrons. The molecule has 0 unspecified atom stereocenters. The minimum atomic E-state index is -3.67. The predicted octanol–water partition coefficient (Wildman–Crippen LogP) is 1.46. The molecule has 0 bridgehead atoms. The van der Waals surface area contributed by atoms with Crippen molar-refractivity contribution in [2.45, 2.75) is 17.9 Å². The maximum atomic E-state index is 12.1. The van der Waals surface area contributed by atoms with E-state index >= 15 is 0 Å². The highest BCUT2D eigenvalue weighted by molar-refractivity contribution is 9.10. The number of hydrogen-bond acceptors (Lipinski definition) is 5. The molecule has 1 N–H and O–H groups in total. The van der Waals surface area contributed by atoms with Crippen molar-refractivity contribution in [3.63, 3.8) is 0 Å². The van der Waals surface area contributed by atoms with E-state index in [2.05, 4.69) is 35.9 Å². The fourth-order valence-electron chi connectivity index (χ4n) is 1.47. The standard InChI is InChI=1S/C10H11BrClN5O2S/c11-8-6-9(10(12)13-7-8)20(18,19)15-2-1-4-17-5-3-14-16-17/h3,5-7,15H,1-2,4H2. The van der Waals surface area contributed by atoms with Crippen LogP contribution in [0, 0.1) is 0 Å². The fourth-order valence-corrected chi connectivity index (χ4v) is 3.49. The average molecular weight is 381 g/mol. The number of hydrogen-bond donors (Lipinski definition) is 1. The van der Waals surface area contributed by atoms with Crippen LogP contribution in [0.25, 0.3) is 0 Å². The first-order chi connectivity index (χ1) is 9.49. The van der Waals surface area contributed by atoms with Gasteiger partial charge in [-0.05, 0) is 28.4 Å². The molecule has 10 heteroatoms. The van der Waals surface area contributed by atoms with Gasteiger partial charge in [0.1, 0.15) is 10.0 Å². The molecule has 0 aromatic carbocycles. The Hall–Kier alpha value is -1.03. The SMILES string of the molecule is O=S(=O)(NCCCn1ccnn1)c1cc(Br)cnc1Cl. The Bertz CT molecular complexity index is 677. The Morgan fingerprint density at radius 1 is 1.45 bits per heavy atom. The molecule has 2 rings (SSSR count). The second-order valence-electron chi connectivity index (χ2n) is 3.86. The van der Waals surface area contributed by atoms with E-state index in [1.807, 2.05) is 0 Å². The maximum Gasteiger partial charge on any atom is 0.243 e. The first kappa shape index (κ1) is 15.4. The molecule has 7 nitrogen and oxygen atoms in total. The smallest absolute Gasteiger partial charge is 0.243 e. The third-order valence-corrected chi connectivity index (χ3v) is 4.71. The zero-order chi connectivity index (χ0) is 14.6. The topological polar surface area (TPSA) is 89.8 Å². The summed E-state index contributed by atoms with van der Waals surface area (Å²) in [6, 6.07) is 1.41. The van der Waals surface area contributed by atoms with Crippen molar-refractivity contribution in [3.8, 4) is 0 Å². The Balaban J connectivity index is 1.95.